The lowest BCUT2D eigenvalue weighted by atomic mass is 10.2. The highest BCUT2D eigenvalue weighted by Gasteiger charge is 2.15. The van der Waals surface area contributed by atoms with E-state index in [0.29, 0.717) is 18.8 Å². The van der Waals surface area contributed by atoms with Crippen LogP contribution in [0.4, 0.5) is 5.69 Å². The topological polar surface area (TPSA) is 55.3 Å². The molecule has 1 aromatic carbocycles. The number of carbonyl (C=O) groups excluding carboxylic acids is 1. The molecule has 0 fully saturated rings. The van der Waals surface area contributed by atoms with Crippen LogP contribution in [0.25, 0.3) is 0 Å². The van der Waals surface area contributed by atoms with Crippen LogP contribution in [0.2, 0.25) is 0 Å². The number of para-hydroxylation sites is 2. The monoisotopic (exact) mass is 333 g/mol. The number of pyridine rings is 2. The summed E-state index contributed by atoms with van der Waals surface area (Å²) in [5.41, 5.74) is 2.68. The van der Waals surface area contributed by atoms with Crippen molar-refractivity contribution in [3.05, 3.63) is 84.4 Å². The molecule has 2 aromatic heterocycles. The standard InChI is InChI=1S/C20H19N3O2/c1-16(24)25-20-11-3-2-10-19(20)23(14-17-8-4-6-12-21-17)15-18-9-5-7-13-22-18/h2-13H,14-15H2,1H3. The van der Waals surface area contributed by atoms with Crippen LogP contribution in [-0.2, 0) is 17.9 Å². The van der Waals surface area contributed by atoms with Gasteiger partial charge < -0.3 is 9.64 Å². The number of hydrogen-bond acceptors (Lipinski definition) is 5. The van der Waals surface area contributed by atoms with E-state index in [2.05, 4.69) is 14.9 Å². The second-order valence-corrected chi connectivity index (χ2v) is 5.56. The van der Waals surface area contributed by atoms with Crippen molar-refractivity contribution < 1.29 is 9.53 Å². The summed E-state index contributed by atoms with van der Waals surface area (Å²) < 4.78 is 5.38. The third kappa shape index (κ3) is 4.64. The normalized spacial score (nSPS) is 10.3. The van der Waals surface area contributed by atoms with Crippen molar-refractivity contribution in [3.8, 4) is 5.75 Å². The molecule has 0 saturated carbocycles. The van der Waals surface area contributed by atoms with Crippen molar-refractivity contribution in [1.82, 2.24) is 9.97 Å². The predicted octanol–water partition coefficient (Wildman–Crippen LogP) is 3.61. The zero-order chi connectivity index (χ0) is 17.5. The van der Waals surface area contributed by atoms with Crippen LogP contribution in [0.1, 0.15) is 18.3 Å². The highest BCUT2D eigenvalue weighted by molar-refractivity contribution is 5.73. The lowest BCUT2D eigenvalue weighted by Crippen LogP contribution is -2.24. The summed E-state index contributed by atoms with van der Waals surface area (Å²) >= 11 is 0. The average molecular weight is 333 g/mol. The van der Waals surface area contributed by atoms with E-state index in [-0.39, 0.29) is 5.97 Å². The molecular weight excluding hydrogens is 314 g/mol. The molecule has 2 heterocycles. The summed E-state index contributed by atoms with van der Waals surface area (Å²) in [5.74, 6) is 0.185. The van der Waals surface area contributed by atoms with E-state index in [4.69, 9.17) is 4.74 Å². The molecule has 0 aliphatic rings. The van der Waals surface area contributed by atoms with Gasteiger partial charge in [0.15, 0.2) is 5.75 Å². The first-order valence-electron chi connectivity index (χ1n) is 8.04. The van der Waals surface area contributed by atoms with Gasteiger partial charge in [-0.05, 0) is 36.4 Å². The van der Waals surface area contributed by atoms with Gasteiger partial charge in [0.05, 0.1) is 30.2 Å². The third-order valence-electron chi connectivity index (χ3n) is 3.62. The SMILES string of the molecule is CC(=O)Oc1ccccc1N(Cc1ccccn1)Cc1ccccn1. The maximum absolute atomic E-state index is 11.4. The summed E-state index contributed by atoms with van der Waals surface area (Å²) in [6.07, 6.45) is 3.54. The number of ether oxygens (including phenoxy) is 1. The maximum atomic E-state index is 11.4. The molecule has 0 spiro atoms. The number of nitrogens with zero attached hydrogens (tertiary/aromatic N) is 3. The molecule has 25 heavy (non-hydrogen) atoms. The van der Waals surface area contributed by atoms with Crippen LogP contribution >= 0.6 is 0 Å². The van der Waals surface area contributed by atoms with E-state index in [0.717, 1.165) is 17.1 Å². The summed E-state index contributed by atoms with van der Waals surface area (Å²) in [6, 6.07) is 19.1. The molecule has 5 heteroatoms. The lowest BCUT2D eigenvalue weighted by Gasteiger charge is -2.26. The first kappa shape index (κ1) is 16.6. The Morgan fingerprint density at radius 3 is 1.96 bits per heavy atom. The highest BCUT2D eigenvalue weighted by Crippen LogP contribution is 2.30. The Hall–Kier alpha value is -3.21. The van der Waals surface area contributed by atoms with Gasteiger partial charge in [-0.25, -0.2) is 0 Å². The van der Waals surface area contributed by atoms with Gasteiger partial charge in [-0.2, -0.15) is 0 Å². The molecule has 0 bridgehead atoms. The van der Waals surface area contributed by atoms with Gasteiger partial charge in [-0.1, -0.05) is 24.3 Å². The van der Waals surface area contributed by atoms with Crippen LogP contribution in [0.5, 0.6) is 5.75 Å². The number of aromatic nitrogens is 2. The molecule has 5 nitrogen and oxygen atoms in total. The summed E-state index contributed by atoms with van der Waals surface area (Å²) in [4.78, 5) is 22.4. The number of anilines is 1. The van der Waals surface area contributed by atoms with Gasteiger partial charge in [-0.15, -0.1) is 0 Å². The van der Waals surface area contributed by atoms with Gasteiger partial charge in [0.1, 0.15) is 0 Å². The van der Waals surface area contributed by atoms with Crippen LogP contribution in [-0.4, -0.2) is 15.9 Å². The average Bonchev–Trinajstić information content (AvgIpc) is 2.63. The molecule has 0 saturated heterocycles. The highest BCUT2D eigenvalue weighted by atomic mass is 16.5. The van der Waals surface area contributed by atoms with Gasteiger partial charge in [0.25, 0.3) is 0 Å². The predicted molar refractivity (Wildman–Crippen MR) is 96.1 cm³/mol. The maximum Gasteiger partial charge on any atom is 0.308 e. The molecule has 3 rings (SSSR count). The summed E-state index contributed by atoms with van der Waals surface area (Å²) in [5, 5.41) is 0. The minimum atomic E-state index is -0.344. The number of carbonyl (C=O) groups is 1. The Morgan fingerprint density at radius 1 is 0.880 bits per heavy atom. The van der Waals surface area contributed by atoms with Gasteiger partial charge in [0.2, 0.25) is 0 Å². The second-order valence-electron chi connectivity index (χ2n) is 5.56. The van der Waals surface area contributed by atoms with E-state index in [1.807, 2.05) is 54.6 Å². The minimum Gasteiger partial charge on any atom is -0.425 e. The third-order valence-corrected chi connectivity index (χ3v) is 3.62. The van der Waals surface area contributed by atoms with E-state index in [1.54, 1.807) is 18.5 Å². The Kier molecular flexibility index (Phi) is 5.36. The number of benzene rings is 1. The molecule has 0 unspecified atom stereocenters. The van der Waals surface area contributed by atoms with Crippen molar-refractivity contribution in [3.63, 3.8) is 0 Å². The van der Waals surface area contributed by atoms with Gasteiger partial charge >= 0.3 is 5.97 Å². The smallest absolute Gasteiger partial charge is 0.308 e. The second kappa shape index (κ2) is 8.06. The molecule has 126 valence electrons. The van der Waals surface area contributed by atoms with Crippen LogP contribution in [0.3, 0.4) is 0 Å². The Bertz CT molecular complexity index is 781. The van der Waals surface area contributed by atoms with Crippen molar-refractivity contribution in [1.29, 1.82) is 0 Å². The first-order valence-corrected chi connectivity index (χ1v) is 8.04. The van der Waals surface area contributed by atoms with Crippen molar-refractivity contribution in [2.24, 2.45) is 0 Å². The Balaban J connectivity index is 1.94. The Labute approximate surface area is 146 Å². The fourth-order valence-corrected chi connectivity index (χ4v) is 2.56. The van der Waals surface area contributed by atoms with Crippen LogP contribution < -0.4 is 9.64 Å². The quantitative estimate of drug-likeness (QED) is 0.509. The first-order chi connectivity index (χ1) is 12.2. The molecule has 0 aliphatic carbocycles. The lowest BCUT2D eigenvalue weighted by molar-refractivity contribution is -0.131. The van der Waals surface area contributed by atoms with E-state index < -0.39 is 0 Å². The minimum absolute atomic E-state index is 0.344. The fourth-order valence-electron chi connectivity index (χ4n) is 2.56. The van der Waals surface area contributed by atoms with E-state index in [1.165, 1.54) is 6.92 Å². The molecule has 0 amide bonds. The number of esters is 1. The summed E-state index contributed by atoms with van der Waals surface area (Å²) in [6.45, 7) is 2.56. The van der Waals surface area contributed by atoms with Crippen molar-refractivity contribution in [2.75, 3.05) is 4.90 Å². The largest absolute Gasteiger partial charge is 0.425 e. The summed E-state index contributed by atoms with van der Waals surface area (Å²) in [7, 11) is 0. The number of rotatable bonds is 6. The van der Waals surface area contributed by atoms with E-state index in [9.17, 15) is 4.79 Å². The van der Waals surface area contributed by atoms with Crippen LogP contribution in [0, 0.1) is 0 Å². The molecule has 0 radical (unpaired) electrons. The fraction of sp³-hybridized carbons (Fsp3) is 0.150. The molecular formula is C20H19N3O2. The Morgan fingerprint density at radius 2 is 1.44 bits per heavy atom. The van der Waals surface area contributed by atoms with Gasteiger partial charge in [0, 0.05) is 19.3 Å². The molecule has 0 N–H and O–H groups in total. The van der Waals surface area contributed by atoms with E-state index >= 15 is 0 Å². The number of hydrogen-bond donors (Lipinski definition) is 0. The molecule has 0 aliphatic heterocycles. The van der Waals surface area contributed by atoms with Crippen molar-refractivity contribution >= 4 is 11.7 Å². The van der Waals surface area contributed by atoms with Crippen molar-refractivity contribution in [2.45, 2.75) is 20.0 Å². The molecule has 3 aromatic rings. The van der Waals surface area contributed by atoms with Crippen LogP contribution in [0.15, 0.2) is 73.1 Å². The zero-order valence-electron chi connectivity index (χ0n) is 14.0. The van der Waals surface area contributed by atoms with Gasteiger partial charge in [-0.3, -0.25) is 14.8 Å². The zero-order valence-corrected chi connectivity index (χ0v) is 14.0. The molecule has 0 atom stereocenters.